The van der Waals surface area contributed by atoms with Gasteiger partial charge in [0.15, 0.2) is 0 Å². The Morgan fingerprint density at radius 1 is 0.722 bits per heavy atom. The standard InChI is InChI=1S/C41H50N6O7/c1-27(2)35(38(51)42-24-34(48)53-7)46-37(50)33(45-36(49)28(3)44-39(52)54-40(4,5)6)23-32-25-47(26-43-32)41(29-17-11-8-12-18-29,30-19-13-9-14-20-30)31-21-15-10-16-22-31/h8-22,25-28,33,35H,23-24H2,1-7H3,(H,42,51)(H,44,52)(H,45,49)(H,46,50)/t28-,33-,35-/m0/s1. The summed E-state index contributed by atoms with van der Waals surface area (Å²) in [6.45, 7) is 9.66. The number of imidazole rings is 1. The van der Waals surface area contributed by atoms with Crippen LogP contribution in [0.3, 0.4) is 0 Å². The van der Waals surface area contributed by atoms with Gasteiger partial charge < -0.3 is 35.3 Å². The number of rotatable bonds is 15. The Balaban J connectivity index is 1.73. The largest absolute Gasteiger partial charge is 0.468 e. The third kappa shape index (κ3) is 10.3. The fraction of sp³-hybridized carbons (Fsp3) is 0.366. The monoisotopic (exact) mass is 738 g/mol. The van der Waals surface area contributed by atoms with Crippen LogP contribution >= 0.6 is 0 Å². The van der Waals surface area contributed by atoms with Crippen molar-refractivity contribution < 1.29 is 33.4 Å². The molecule has 4 aromatic rings. The molecular formula is C41H50N6O7. The first-order valence-electron chi connectivity index (χ1n) is 17.8. The molecule has 0 unspecified atom stereocenters. The van der Waals surface area contributed by atoms with Gasteiger partial charge in [0.2, 0.25) is 17.7 Å². The quantitative estimate of drug-likeness (QED) is 0.104. The topological polar surface area (TPSA) is 170 Å². The maximum atomic E-state index is 14.1. The molecule has 13 nitrogen and oxygen atoms in total. The van der Waals surface area contributed by atoms with Crippen LogP contribution in [-0.4, -0.2) is 76.7 Å². The normalized spacial score (nSPS) is 13.2. The molecule has 0 aliphatic rings. The molecular weight excluding hydrogens is 688 g/mol. The summed E-state index contributed by atoms with van der Waals surface area (Å²) >= 11 is 0. The van der Waals surface area contributed by atoms with Crippen molar-refractivity contribution in [3.8, 4) is 0 Å². The molecule has 1 heterocycles. The Labute approximate surface area is 316 Å². The van der Waals surface area contributed by atoms with E-state index in [1.165, 1.54) is 14.0 Å². The summed E-state index contributed by atoms with van der Waals surface area (Å²) in [5.74, 6) is -2.98. The molecule has 0 saturated heterocycles. The van der Waals surface area contributed by atoms with Gasteiger partial charge in [0.1, 0.15) is 35.8 Å². The molecule has 286 valence electrons. The van der Waals surface area contributed by atoms with Crippen molar-refractivity contribution in [2.24, 2.45) is 5.92 Å². The molecule has 3 atom stereocenters. The number of aromatic nitrogens is 2. The first-order valence-corrected chi connectivity index (χ1v) is 17.8. The predicted molar refractivity (Wildman–Crippen MR) is 203 cm³/mol. The van der Waals surface area contributed by atoms with E-state index in [4.69, 9.17) is 9.72 Å². The molecule has 13 heteroatoms. The van der Waals surface area contributed by atoms with Crippen LogP contribution in [-0.2, 0) is 40.6 Å². The number of carbonyl (C=O) groups excluding carboxylic acids is 5. The van der Waals surface area contributed by atoms with Crippen LogP contribution < -0.4 is 21.3 Å². The summed E-state index contributed by atoms with van der Waals surface area (Å²) in [7, 11) is 1.20. The number of hydrogen-bond donors (Lipinski definition) is 4. The van der Waals surface area contributed by atoms with Gasteiger partial charge in [0.05, 0.1) is 19.1 Å². The number of carbonyl (C=O) groups is 5. The van der Waals surface area contributed by atoms with Crippen LogP contribution in [0.4, 0.5) is 4.79 Å². The van der Waals surface area contributed by atoms with E-state index in [1.807, 2.05) is 102 Å². The molecule has 0 radical (unpaired) electrons. The average molecular weight is 739 g/mol. The van der Waals surface area contributed by atoms with Crippen LogP contribution in [0.1, 0.15) is 63.9 Å². The van der Waals surface area contributed by atoms with E-state index in [-0.39, 0.29) is 13.0 Å². The number of hydrogen-bond acceptors (Lipinski definition) is 8. The average Bonchev–Trinajstić information content (AvgIpc) is 3.61. The smallest absolute Gasteiger partial charge is 0.408 e. The number of benzene rings is 3. The number of methoxy groups -OCH3 is 1. The summed E-state index contributed by atoms with van der Waals surface area (Å²) in [5, 5.41) is 10.5. The van der Waals surface area contributed by atoms with Gasteiger partial charge >= 0.3 is 12.1 Å². The molecule has 3 aromatic carbocycles. The van der Waals surface area contributed by atoms with Crippen molar-refractivity contribution in [1.29, 1.82) is 0 Å². The third-order valence-electron chi connectivity index (χ3n) is 8.65. The number of alkyl carbamates (subject to hydrolysis) is 1. The van der Waals surface area contributed by atoms with E-state index in [9.17, 15) is 24.0 Å². The summed E-state index contributed by atoms with van der Waals surface area (Å²) < 4.78 is 11.9. The molecule has 4 amide bonds. The van der Waals surface area contributed by atoms with E-state index >= 15 is 0 Å². The zero-order valence-electron chi connectivity index (χ0n) is 31.8. The fourth-order valence-corrected chi connectivity index (χ4v) is 6.03. The van der Waals surface area contributed by atoms with Crippen LogP contribution in [0.5, 0.6) is 0 Å². The van der Waals surface area contributed by atoms with Crippen molar-refractivity contribution in [3.05, 3.63) is 126 Å². The zero-order valence-corrected chi connectivity index (χ0v) is 31.8. The minimum Gasteiger partial charge on any atom is -0.468 e. The lowest BCUT2D eigenvalue weighted by molar-refractivity contribution is -0.141. The minimum atomic E-state index is -1.24. The highest BCUT2D eigenvalue weighted by molar-refractivity contribution is 5.94. The number of ether oxygens (including phenoxy) is 2. The first-order chi connectivity index (χ1) is 25.6. The molecule has 0 spiro atoms. The molecule has 0 aliphatic heterocycles. The van der Waals surface area contributed by atoms with Crippen LogP contribution in [0.15, 0.2) is 104 Å². The number of nitrogens with zero attached hydrogens (tertiary/aromatic N) is 2. The lowest BCUT2D eigenvalue weighted by Gasteiger charge is -2.37. The van der Waals surface area contributed by atoms with E-state index < -0.39 is 65.0 Å². The Bertz CT molecular complexity index is 1780. The Hall–Kier alpha value is -5.98. The summed E-state index contributed by atoms with van der Waals surface area (Å²) in [5.41, 5.74) is 1.70. The second kappa shape index (κ2) is 18.2. The molecule has 4 rings (SSSR count). The molecule has 0 saturated carbocycles. The molecule has 1 aromatic heterocycles. The second-order valence-corrected chi connectivity index (χ2v) is 14.2. The second-order valence-electron chi connectivity index (χ2n) is 14.2. The van der Waals surface area contributed by atoms with E-state index in [1.54, 1.807) is 40.9 Å². The lowest BCUT2D eigenvalue weighted by atomic mass is 9.77. The van der Waals surface area contributed by atoms with Crippen molar-refractivity contribution in [3.63, 3.8) is 0 Å². The lowest BCUT2D eigenvalue weighted by Crippen LogP contribution is -2.58. The van der Waals surface area contributed by atoms with Crippen LogP contribution in [0, 0.1) is 5.92 Å². The van der Waals surface area contributed by atoms with E-state index in [0.717, 1.165) is 16.7 Å². The van der Waals surface area contributed by atoms with Gasteiger partial charge in [0.25, 0.3) is 0 Å². The van der Waals surface area contributed by atoms with E-state index in [0.29, 0.717) is 5.69 Å². The van der Waals surface area contributed by atoms with Crippen molar-refractivity contribution in [2.45, 2.75) is 77.2 Å². The maximum Gasteiger partial charge on any atom is 0.408 e. The highest BCUT2D eigenvalue weighted by Gasteiger charge is 2.39. The highest BCUT2D eigenvalue weighted by Crippen LogP contribution is 2.40. The number of nitrogens with one attached hydrogen (secondary N) is 4. The summed E-state index contributed by atoms with van der Waals surface area (Å²) in [6.07, 6.45) is 2.66. The Morgan fingerprint density at radius 2 is 1.24 bits per heavy atom. The number of amides is 4. The van der Waals surface area contributed by atoms with E-state index in [2.05, 4.69) is 26.0 Å². The fourth-order valence-electron chi connectivity index (χ4n) is 6.03. The molecule has 0 bridgehead atoms. The number of esters is 1. The first kappa shape index (κ1) is 40.8. The predicted octanol–water partition coefficient (Wildman–Crippen LogP) is 4.09. The molecule has 0 fully saturated rings. The zero-order chi connectivity index (χ0) is 39.5. The Morgan fingerprint density at radius 3 is 1.70 bits per heavy atom. The van der Waals surface area contributed by atoms with Gasteiger partial charge in [-0.05, 0) is 50.3 Å². The van der Waals surface area contributed by atoms with Gasteiger partial charge in [-0.1, -0.05) is 105 Å². The van der Waals surface area contributed by atoms with Crippen molar-refractivity contribution in [2.75, 3.05) is 13.7 Å². The maximum absolute atomic E-state index is 14.1. The van der Waals surface area contributed by atoms with Gasteiger partial charge in [-0.25, -0.2) is 9.78 Å². The summed E-state index contributed by atoms with van der Waals surface area (Å²) in [4.78, 5) is 69.6. The third-order valence-corrected chi connectivity index (χ3v) is 8.65. The van der Waals surface area contributed by atoms with Gasteiger partial charge in [-0.3, -0.25) is 19.2 Å². The Kier molecular flexibility index (Phi) is 13.7. The molecule has 4 N–H and O–H groups in total. The highest BCUT2D eigenvalue weighted by atomic mass is 16.6. The van der Waals surface area contributed by atoms with Gasteiger partial charge in [-0.15, -0.1) is 0 Å². The van der Waals surface area contributed by atoms with Gasteiger partial charge in [-0.2, -0.15) is 0 Å². The summed E-state index contributed by atoms with van der Waals surface area (Å²) in [6, 6.07) is 26.6. The molecule has 54 heavy (non-hydrogen) atoms. The van der Waals surface area contributed by atoms with Crippen molar-refractivity contribution >= 4 is 29.8 Å². The SMILES string of the molecule is COC(=O)CNC(=O)[C@@H](NC(=O)[C@H](Cc1cn(C(c2ccccc2)(c2ccccc2)c2ccccc2)cn1)NC(=O)[C@H](C)NC(=O)OC(C)(C)C)C(C)C. The van der Waals surface area contributed by atoms with Crippen LogP contribution in [0.25, 0.3) is 0 Å². The molecule has 0 aliphatic carbocycles. The van der Waals surface area contributed by atoms with Crippen LogP contribution in [0.2, 0.25) is 0 Å². The minimum absolute atomic E-state index is 0.0766. The van der Waals surface area contributed by atoms with Crippen molar-refractivity contribution in [1.82, 2.24) is 30.8 Å². The van der Waals surface area contributed by atoms with Gasteiger partial charge in [0, 0.05) is 12.6 Å².